The predicted molar refractivity (Wildman–Crippen MR) is 78.5 cm³/mol. The van der Waals surface area contributed by atoms with Crippen molar-refractivity contribution < 1.29 is 9.82 Å². The average molecular weight is 280 g/mol. The summed E-state index contributed by atoms with van der Waals surface area (Å²) in [4.78, 5) is 13.1. The van der Waals surface area contributed by atoms with Gasteiger partial charge in [0.1, 0.15) is 0 Å². The van der Waals surface area contributed by atoms with E-state index in [-0.39, 0.29) is 7.05 Å². The normalized spacial score (nSPS) is 17.4. The van der Waals surface area contributed by atoms with Crippen LogP contribution in [-0.2, 0) is 6.42 Å². The van der Waals surface area contributed by atoms with Gasteiger partial charge in [-0.25, -0.2) is 0 Å². The fourth-order valence-corrected chi connectivity index (χ4v) is 2.76. The second-order valence-corrected chi connectivity index (χ2v) is 5.63. The summed E-state index contributed by atoms with van der Waals surface area (Å²) in [5.41, 5.74) is 1.80. The molecular formula is C14H19BClNO2. The van der Waals surface area contributed by atoms with Crippen LogP contribution in [0.3, 0.4) is 0 Å². The fourth-order valence-electron chi connectivity index (χ4n) is 2.64. The van der Waals surface area contributed by atoms with Gasteiger partial charge in [-0.15, -0.1) is 0 Å². The Kier molecular flexibility index (Phi) is 5.02. The van der Waals surface area contributed by atoms with Crippen LogP contribution in [-0.4, -0.2) is 35.2 Å². The van der Waals surface area contributed by atoms with E-state index in [4.69, 9.17) is 11.6 Å². The van der Waals surface area contributed by atoms with Crippen molar-refractivity contribution in [1.29, 1.82) is 0 Å². The molecule has 0 spiro atoms. The summed E-state index contributed by atoms with van der Waals surface area (Å²) in [5.74, 6) is 0.660. The van der Waals surface area contributed by atoms with Gasteiger partial charge in [0, 0.05) is 5.56 Å². The largest absolute Gasteiger partial charge is 0.437 e. The lowest BCUT2D eigenvalue weighted by atomic mass is 9.80. The van der Waals surface area contributed by atoms with Crippen molar-refractivity contribution >= 4 is 23.9 Å². The quantitative estimate of drug-likeness (QED) is 0.680. The Labute approximate surface area is 119 Å². The SMILES string of the molecule is CB(O)N1CCC(Cc2ccc(C(=O)Cl)cc2)CC1. The topological polar surface area (TPSA) is 40.5 Å². The molecule has 19 heavy (non-hydrogen) atoms. The zero-order valence-electron chi connectivity index (χ0n) is 11.2. The Balaban J connectivity index is 1.87. The highest BCUT2D eigenvalue weighted by molar-refractivity contribution is 6.67. The van der Waals surface area contributed by atoms with Crippen LogP contribution in [0.25, 0.3) is 0 Å². The molecule has 0 bridgehead atoms. The number of benzene rings is 1. The van der Waals surface area contributed by atoms with Gasteiger partial charge < -0.3 is 9.83 Å². The molecule has 1 saturated heterocycles. The minimum Gasteiger partial charge on any atom is -0.437 e. The number of hydrogen-bond acceptors (Lipinski definition) is 3. The van der Waals surface area contributed by atoms with E-state index >= 15 is 0 Å². The fraction of sp³-hybridized carbons (Fsp3) is 0.500. The lowest BCUT2D eigenvalue weighted by Gasteiger charge is -2.32. The summed E-state index contributed by atoms with van der Waals surface area (Å²) in [6, 6.07) is 7.54. The zero-order valence-corrected chi connectivity index (χ0v) is 11.9. The molecule has 0 aliphatic carbocycles. The molecule has 1 aromatic rings. The first-order chi connectivity index (χ1) is 9.06. The van der Waals surface area contributed by atoms with Gasteiger partial charge in [-0.05, 0) is 74.4 Å². The Bertz CT molecular complexity index is 428. The van der Waals surface area contributed by atoms with Crippen molar-refractivity contribution in [1.82, 2.24) is 4.81 Å². The highest BCUT2D eigenvalue weighted by Crippen LogP contribution is 2.22. The highest BCUT2D eigenvalue weighted by Gasteiger charge is 2.23. The predicted octanol–water partition coefficient (Wildman–Crippen LogP) is 2.43. The summed E-state index contributed by atoms with van der Waals surface area (Å²) in [5, 5.41) is 9.11. The number of carbonyl (C=O) groups is 1. The van der Waals surface area contributed by atoms with Crippen molar-refractivity contribution in [3.8, 4) is 0 Å². The molecule has 3 nitrogen and oxygen atoms in total. The van der Waals surface area contributed by atoms with Crippen LogP contribution in [0.5, 0.6) is 0 Å². The van der Waals surface area contributed by atoms with Crippen molar-refractivity contribution in [3.05, 3.63) is 35.4 Å². The van der Waals surface area contributed by atoms with E-state index in [1.807, 2.05) is 19.0 Å². The van der Waals surface area contributed by atoms with Crippen molar-refractivity contribution in [2.75, 3.05) is 13.1 Å². The van der Waals surface area contributed by atoms with Crippen molar-refractivity contribution in [2.45, 2.75) is 26.1 Å². The molecule has 1 aromatic carbocycles. The van der Waals surface area contributed by atoms with Crippen LogP contribution in [0.2, 0.25) is 6.82 Å². The summed E-state index contributed by atoms with van der Waals surface area (Å²) in [7, 11) is -0.338. The molecule has 0 radical (unpaired) electrons. The maximum absolute atomic E-state index is 11.0. The smallest absolute Gasteiger partial charge is 0.376 e. The van der Waals surface area contributed by atoms with Crippen LogP contribution >= 0.6 is 11.6 Å². The van der Waals surface area contributed by atoms with Crippen LogP contribution in [0, 0.1) is 5.92 Å². The molecule has 0 unspecified atom stereocenters. The molecule has 0 saturated carbocycles. The van der Waals surface area contributed by atoms with E-state index in [1.165, 1.54) is 5.56 Å². The minimum atomic E-state index is -0.406. The molecule has 1 aliphatic rings. The van der Waals surface area contributed by atoms with Gasteiger partial charge in [0.05, 0.1) is 0 Å². The maximum Gasteiger partial charge on any atom is 0.376 e. The van der Waals surface area contributed by atoms with Crippen LogP contribution in [0.1, 0.15) is 28.8 Å². The van der Waals surface area contributed by atoms with Gasteiger partial charge in [0.25, 0.3) is 5.24 Å². The third kappa shape index (κ3) is 4.06. The lowest BCUT2D eigenvalue weighted by Crippen LogP contribution is -2.43. The number of halogens is 1. The molecule has 1 heterocycles. The number of carbonyl (C=O) groups excluding carboxylic acids is 1. The molecular weight excluding hydrogens is 260 g/mol. The lowest BCUT2D eigenvalue weighted by molar-refractivity contribution is 0.108. The number of rotatable bonds is 4. The maximum atomic E-state index is 11.0. The summed E-state index contributed by atoms with van der Waals surface area (Å²) in [6.45, 7) is 3.74. The van der Waals surface area contributed by atoms with Crippen molar-refractivity contribution in [3.63, 3.8) is 0 Å². The van der Waals surface area contributed by atoms with E-state index in [2.05, 4.69) is 4.81 Å². The standard InChI is InChI=1S/C14H19BClNO2/c1-15(19)17-8-6-12(7-9-17)10-11-2-4-13(5-3-11)14(16)18/h2-5,12,19H,6-10H2,1H3. The first-order valence-electron chi connectivity index (χ1n) is 6.77. The summed E-state index contributed by atoms with van der Waals surface area (Å²) < 4.78 is 0. The monoisotopic (exact) mass is 279 g/mol. The van der Waals surface area contributed by atoms with Crippen molar-refractivity contribution in [2.24, 2.45) is 5.92 Å². The van der Waals surface area contributed by atoms with E-state index in [0.717, 1.165) is 32.4 Å². The van der Waals surface area contributed by atoms with Gasteiger partial charge in [-0.3, -0.25) is 4.79 Å². The Hall–Kier alpha value is -0.835. The summed E-state index contributed by atoms with van der Waals surface area (Å²) >= 11 is 5.42. The van der Waals surface area contributed by atoms with Crippen LogP contribution in [0.4, 0.5) is 0 Å². The van der Waals surface area contributed by atoms with E-state index < -0.39 is 5.24 Å². The minimum absolute atomic E-state index is 0.338. The molecule has 0 atom stereocenters. The molecule has 102 valence electrons. The van der Waals surface area contributed by atoms with Gasteiger partial charge in [0.15, 0.2) is 0 Å². The average Bonchev–Trinajstić information content (AvgIpc) is 2.40. The summed E-state index contributed by atoms with van der Waals surface area (Å²) in [6.07, 6.45) is 3.26. The third-order valence-electron chi connectivity index (χ3n) is 3.88. The second-order valence-electron chi connectivity index (χ2n) is 5.29. The molecule has 2 rings (SSSR count). The Morgan fingerprint density at radius 2 is 1.95 bits per heavy atom. The first kappa shape index (κ1) is 14.6. The van der Waals surface area contributed by atoms with Gasteiger partial charge in [-0.2, -0.15) is 0 Å². The molecule has 0 aromatic heterocycles. The van der Waals surface area contributed by atoms with Gasteiger partial charge in [-0.1, -0.05) is 12.1 Å². The third-order valence-corrected chi connectivity index (χ3v) is 4.10. The van der Waals surface area contributed by atoms with Crippen LogP contribution in [0.15, 0.2) is 24.3 Å². The zero-order chi connectivity index (χ0) is 13.8. The van der Waals surface area contributed by atoms with E-state index in [0.29, 0.717) is 11.5 Å². The second kappa shape index (κ2) is 6.55. The van der Waals surface area contributed by atoms with Crippen LogP contribution < -0.4 is 0 Å². The molecule has 5 heteroatoms. The number of hydrogen-bond donors (Lipinski definition) is 1. The van der Waals surface area contributed by atoms with E-state index in [1.54, 1.807) is 12.1 Å². The van der Waals surface area contributed by atoms with E-state index in [9.17, 15) is 9.82 Å². The Morgan fingerprint density at radius 1 is 1.37 bits per heavy atom. The van der Waals surface area contributed by atoms with Gasteiger partial charge >= 0.3 is 7.05 Å². The molecule has 1 N–H and O–H groups in total. The molecule has 1 fully saturated rings. The van der Waals surface area contributed by atoms with Gasteiger partial charge in [0.2, 0.25) is 0 Å². The number of piperidine rings is 1. The Morgan fingerprint density at radius 3 is 2.42 bits per heavy atom. The molecule has 0 amide bonds. The molecule has 1 aliphatic heterocycles. The highest BCUT2D eigenvalue weighted by atomic mass is 35.5. The number of nitrogens with zero attached hydrogens (tertiary/aromatic N) is 1. The first-order valence-corrected chi connectivity index (χ1v) is 7.15.